The number of aromatic nitrogens is 4. The Morgan fingerprint density at radius 3 is 2.33 bits per heavy atom. The molecule has 2 aliphatic rings. The lowest BCUT2D eigenvalue weighted by atomic mass is 10.0. The van der Waals surface area contributed by atoms with Crippen molar-refractivity contribution in [3.05, 3.63) is 35.9 Å². The first-order valence-electron chi connectivity index (χ1n) is 14.6. The van der Waals surface area contributed by atoms with Gasteiger partial charge < -0.3 is 25.6 Å². The zero-order chi connectivity index (χ0) is 30.6. The predicted octanol–water partition coefficient (Wildman–Crippen LogP) is 5.07. The van der Waals surface area contributed by atoms with E-state index in [1.54, 1.807) is 26.7 Å². The maximum absolute atomic E-state index is 14.3. The van der Waals surface area contributed by atoms with Crippen molar-refractivity contribution in [2.75, 3.05) is 31.9 Å². The van der Waals surface area contributed by atoms with Gasteiger partial charge in [0.25, 0.3) is 0 Å². The van der Waals surface area contributed by atoms with Gasteiger partial charge in [0, 0.05) is 62.1 Å². The molecule has 228 valence electrons. The van der Waals surface area contributed by atoms with E-state index < -0.39 is 5.60 Å². The highest BCUT2D eigenvalue weighted by Crippen LogP contribution is 2.31. The highest BCUT2D eigenvalue weighted by molar-refractivity contribution is 5.87. The van der Waals surface area contributed by atoms with Crippen molar-refractivity contribution >= 4 is 29.0 Å². The van der Waals surface area contributed by atoms with Crippen molar-refractivity contribution in [3.63, 3.8) is 0 Å². The summed E-state index contributed by atoms with van der Waals surface area (Å²) in [5, 5.41) is 8.16. The number of hydrogen-bond acceptors (Lipinski definition) is 7. The van der Waals surface area contributed by atoms with Gasteiger partial charge in [0.2, 0.25) is 5.95 Å². The number of nitrogens with zero attached hydrogens (tertiary/aromatic N) is 6. The quantitative estimate of drug-likeness (QED) is 0.441. The van der Waals surface area contributed by atoms with E-state index in [0.29, 0.717) is 49.0 Å². The second-order valence-electron chi connectivity index (χ2n) is 12.2. The second-order valence-corrected chi connectivity index (χ2v) is 12.2. The van der Waals surface area contributed by atoms with Crippen molar-refractivity contribution < 1.29 is 18.7 Å². The van der Waals surface area contributed by atoms with Crippen LogP contribution < -0.4 is 11.1 Å². The minimum Gasteiger partial charge on any atom is -0.444 e. The number of benzene rings is 1. The van der Waals surface area contributed by atoms with Gasteiger partial charge in [-0.1, -0.05) is 26.7 Å². The number of rotatable bonds is 3. The number of urea groups is 1. The van der Waals surface area contributed by atoms with E-state index in [4.69, 9.17) is 10.5 Å². The van der Waals surface area contributed by atoms with E-state index in [0.717, 1.165) is 23.9 Å². The fourth-order valence-corrected chi connectivity index (χ4v) is 5.40. The molecule has 11 nitrogen and oxygen atoms in total. The summed E-state index contributed by atoms with van der Waals surface area (Å²) in [6, 6.07) is 5.39. The Bertz CT molecular complexity index is 1400. The first-order valence-corrected chi connectivity index (χ1v) is 14.6. The van der Waals surface area contributed by atoms with Crippen LogP contribution in [0.3, 0.4) is 0 Å². The van der Waals surface area contributed by atoms with Crippen LogP contribution in [-0.2, 0) is 11.8 Å². The van der Waals surface area contributed by atoms with Crippen LogP contribution in [0.4, 0.5) is 19.9 Å². The molecule has 3 aromatic rings. The van der Waals surface area contributed by atoms with Crippen LogP contribution in [-0.4, -0.2) is 79.5 Å². The number of ether oxygens (including phenoxy) is 1. The van der Waals surface area contributed by atoms with E-state index in [9.17, 15) is 14.0 Å². The van der Waals surface area contributed by atoms with Gasteiger partial charge in [0.15, 0.2) is 5.82 Å². The summed E-state index contributed by atoms with van der Waals surface area (Å²) in [7, 11) is 1.83. The van der Waals surface area contributed by atoms with Gasteiger partial charge in [-0.05, 0) is 57.7 Å². The molecule has 0 spiro atoms. The third-order valence-corrected chi connectivity index (χ3v) is 7.36. The molecule has 1 aliphatic heterocycles. The highest BCUT2D eigenvalue weighted by atomic mass is 19.1. The third-order valence-electron chi connectivity index (χ3n) is 7.36. The first kappa shape index (κ1) is 31.0. The highest BCUT2D eigenvalue weighted by Gasteiger charge is 2.29. The van der Waals surface area contributed by atoms with Gasteiger partial charge in [0.05, 0.1) is 5.69 Å². The van der Waals surface area contributed by atoms with Crippen LogP contribution in [0.25, 0.3) is 22.2 Å². The van der Waals surface area contributed by atoms with E-state index in [1.807, 2.05) is 33.9 Å². The number of hydrogen-bond donors (Lipinski definition) is 2. The first-order chi connectivity index (χ1) is 19.8. The number of halogens is 1. The normalized spacial score (nSPS) is 16.0. The lowest BCUT2D eigenvalue weighted by Gasteiger charge is -2.36. The molecule has 2 fully saturated rings. The molecule has 3 heterocycles. The van der Waals surface area contributed by atoms with Gasteiger partial charge in [0.1, 0.15) is 11.1 Å². The maximum Gasteiger partial charge on any atom is 0.410 e. The fraction of sp³-hybridized carbons (Fsp3) is 0.567. The maximum atomic E-state index is 14.3. The summed E-state index contributed by atoms with van der Waals surface area (Å²) in [4.78, 5) is 35.6. The fourth-order valence-electron chi connectivity index (χ4n) is 5.40. The predicted molar refractivity (Wildman–Crippen MR) is 160 cm³/mol. The van der Waals surface area contributed by atoms with Crippen molar-refractivity contribution in [3.8, 4) is 11.3 Å². The Hall–Kier alpha value is -3.96. The smallest absolute Gasteiger partial charge is 0.410 e. The monoisotopic (exact) mass is 582 g/mol. The van der Waals surface area contributed by atoms with Gasteiger partial charge >= 0.3 is 12.1 Å². The van der Waals surface area contributed by atoms with Crippen LogP contribution in [0.15, 0.2) is 24.4 Å². The molecule has 1 saturated heterocycles. The van der Waals surface area contributed by atoms with Gasteiger partial charge in [-0.2, -0.15) is 5.10 Å². The molecular weight excluding hydrogens is 539 g/mol. The largest absolute Gasteiger partial charge is 0.444 e. The third kappa shape index (κ3) is 7.65. The van der Waals surface area contributed by atoms with Crippen LogP contribution in [0.5, 0.6) is 0 Å². The van der Waals surface area contributed by atoms with Crippen molar-refractivity contribution in [1.29, 1.82) is 0 Å². The standard InChI is InChI=1S/C15H16FN5.C15H27N3O3/c1-8(2)14-10-6-9(12-4-5-18-15(17)19-12)7-11(16)13(10)20-21(14)3;1-15(2,3)21-14(20)18-10-8-17(9-11-18)13(19)16-12-6-4-5-7-12/h4-8H,1-3H3,(H2,17,18,19);12H,4-11H2,1-3H3,(H,16,19). The molecule has 12 heteroatoms. The molecular formula is C30H43FN8O3. The summed E-state index contributed by atoms with van der Waals surface area (Å²) >= 11 is 0. The molecule has 1 saturated carbocycles. The Labute approximate surface area is 246 Å². The van der Waals surface area contributed by atoms with E-state index >= 15 is 0 Å². The number of nitrogens with one attached hydrogen (secondary N) is 1. The Morgan fingerprint density at radius 1 is 1.10 bits per heavy atom. The lowest BCUT2D eigenvalue weighted by molar-refractivity contribution is 0.0169. The van der Waals surface area contributed by atoms with E-state index in [-0.39, 0.29) is 29.8 Å². The van der Waals surface area contributed by atoms with Crippen LogP contribution >= 0.6 is 0 Å². The van der Waals surface area contributed by atoms with Crippen molar-refractivity contribution in [1.82, 2.24) is 34.9 Å². The van der Waals surface area contributed by atoms with Crippen LogP contribution in [0, 0.1) is 5.82 Å². The van der Waals surface area contributed by atoms with Crippen LogP contribution in [0.1, 0.15) is 71.9 Å². The van der Waals surface area contributed by atoms with Crippen LogP contribution in [0.2, 0.25) is 0 Å². The van der Waals surface area contributed by atoms with Crippen molar-refractivity contribution in [2.45, 2.75) is 77.9 Å². The molecule has 3 N–H and O–H groups in total. The van der Waals surface area contributed by atoms with E-state index in [1.165, 1.54) is 18.9 Å². The summed E-state index contributed by atoms with van der Waals surface area (Å²) in [5.41, 5.74) is 7.76. The minimum atomic E-state index is -0.478. The molecule has 1 aliphatic carbocycles. The molecule has 0 unspecified atom stereocenters. The minimum absolute atomic E-state index is 0.00531. The molecule has 3 amide bonds. The summed E-state index contributed by atoms with van der Waals surface area (Å²) in [6.07, 6.45) is 5.85. The van der Waals surface area contributed by atoms with E-state index in [2.05, 4.69) is 34.2 Å². The number of amides is 3. The number of anilines is 1. The number of carbonyl (C=O) groups excluding carboxylic acids is 2. The van der Waals surface area contributed by atoms with Crippen molar-refractivity contribution in [2.24, 2.45) is 7.05 Å². The molecule has 0 atom stereocenters. The summed E-state index contributed by atoms with van der Waals surface area (Å²) in [5.74, 6) is 0.0515. The molecule has 0 bridgehead atoms. The molecule has 42 heavy (non-hydrogen) atoms. The molecule has 0 radical (unpaired) electrons. The second kappa shape index (κ2) is 12.9. The lowest BCUT2D eigenvalue weighted by Crippen LogP contribution is -2.54. The topological polar surface area (TPSA) is 132 Å². The SMILES string of the molecule is CC(C)(C)OC(=O)N1CCN(C(=O)NC2CCCC2)CC1.CC(C)c1c2cc(-c3ccnc(N)n3)cc(F)c2nn1C. The molecule has 2 aromatic heterocycles. The summed E-state index contributed by atoms with van der Waals surface area (Å²) < 4.78 is 21.4. The van der Waals surface area contributed by atoms with Gasteiger partial charge in [-0.25, -0.2) is 23.9 Å². The molecule has 5 rings (SSSR count). The zero-order valence-corrected chi connectivity index (χ0v) is 25.5. The number of carbonyl (C=O) groups is 2. The molecule has 1 aromatic carbocycles. The Morgan fingerprint density at radius 2 is 1.74 bits per heavy atom. The number of piperazine rings is 1. The number of nitrogen functional groups attached to an aromatic ring is 1. The van der Waals surface area contributed by atoms with Gasteiger partial charge in [-0.3, -0.25) is 4.68 Å². The number of fused-ring (bicyclic) bond motifs is 1. The number of aryl methyl sites for hydroxylation is 1. The summed E-state index contributed by atoms with van der Waals surface area (Å²) in [6.45, 7) is 11.9. The number of nitrogens with two attached hydrogens (primary N) is 1. The Balaban J connectivity index is 0.000000193. The Kier molecular flexibility index (Phi) is 9.53. The zero-order valence-electron chi connectivity index (χ0n) is 25.5. The average molecular weight is 583 g/mol. The van der Waals surface area contributed by atoms with Gasteiger partial charge in [-0.15, -0.1) is 0 Å². The average Bonchev–Trinajstić information content (AvgIpc) is 3.55.